The third-order valence-corrected chi connectivity index (χ3v) is 4.00. The second-order valence-corrected chi connectivity index (χ2v) is 5.48. The van der Waals surface area contributed by atoms with E-state index in [0.29, 0.717) is 18.1 Å². The monoisotopic (exact) mass is 289 g/mol. The van der Waals surface area contributed by atoms with Gasteiger partial charge in [0.25, 0.3) is 6.43 Å². The number of likely N-dealkylation sites (tertiary alicyclic amines) is 1. The summed E-state index contributed by atoms with van der Waals surface area (Å²) in [6.07, 6.45) is -1.52. The number of halogens is 3. The van der Waals surface area contributed by atoms with Gasteiger partial charge in [0.15, 0.2) is 0 Å². The molecule has 0 bridgehead atoms. The normalized spacial score (nSPS) is 24.9. The minimum absolute atomic E-state index is 0.00803. The van der Waals surface area contributed by atoms with Gasteiger partial charge in [-0.15, -0.1) is 0 Å². The van der Waals surface area contributed by atoms with E-state index in [1.54, 1.807) is 4.90 Å². The zero-order valence-electron chi connectivity index (χ0n) is 10.6. The number of benzene rings is 1. The number of hydrogen-bond acceptors (Lipinski definition) is 2. The van der Waals surface area contributed by atoms with Gasteiger partial charge < -0.3 is 5.11 Å². The van der Waals surface area contributed by atoms with Crippen molar-refractivity contribution in [3.05, 3.63) is 34.9 Å². The predicted octanol–water partition coefficient (Wildman–Crippen LogP) is 3.00. The molecule has 19 heavy (non-hydrogen) atoms. The third-order valence-electron chi connectivity index (χ3n) is 3.75. The van der Waals surface area contributed by atoms with Crippen LogP contribution in [0.5, 0.6) is 0 Å². The second-order valence-electron chi connectivity index (χ2n) is 5.04. The molecule has 1 fully saturated rings. The molecule has 1 aliphatic rings. The van der Waals surface area contributed by atoms with Crippen molar-refractivity contribution >= 4 is 11.6 Å². The van der Waals surface area contributed by atoms with E-state index in [0.717, 1.165) is 12.0 Å². The van der Waals surface area contributed by atoms with Gasteiger partial charge in [-0.2, -0.15) is 0 Å². The van der Waals surface area contributed by atoms with Crippen molar-refractivity contribution in [1.82, 2.24) is 4.90 Å². The first-order valence-electron chi connectivity index (χ1n) is 6.47. The lowest BCUT2D eigenvalue weighted by atomic mass is 9.81. The Kier molecular flexibility index (Phi) is 5.13. The summed E-state index contributed by atoms with van der Waals surface area (Å²) in [5.41, 5.74) is 1.13. The van der Waals surface area contributed by atoms with Crippen molar-refractivity contribution in [2.24, 2.45) is 5.92 Å². The lowest BCUT2D eigenvalue weighted by Gasteiger charge is -2.38. The highest BCUT2D eigenvalue weighted by Crippen LogP contribution is 2.33. The highest BCUT2D eigenvalue weighted by atomic mass is 35.5. The zero-order chi connectivity index (χ0) is 13.8. The zero-order valence-corrected chi connectivity index (χ0v) is 11.4. The lowest BCUT2D eigenvalue weighted by molar-refractivity contribution is 0.0439. The molecule has 1 aromatic carbocycles. The molecule has 0 radical (unpaired) electrons. The molecule has 1 heterocycles. The van der Waals surface area contributed by atoms with Crippen LogP contribution in [0.25, 0.3) is 0 Å². The summed E-state index contributed by atoms with van der Waals surface area (Å²) in [4.78, 5) is 1.73. The number of aliphatic hydroxyl groups excluding tert-OH is 1. The molecule has 106 valence electrons. The van der Waals surface area contributed by atoms with Crippen molar-refractivity contribution in [2.45, 2.75) is 18.8 Å². The van der Waals surface area contributed by atoms with E-state index in [4.69, 9.17) is 11.6 Å². The van der Waals surface area contributed by atoms with Crippen molar-refractivity contribution < 1.29 is 13.9 Å². The van der Waals surface area contributed by atoms with E-state index in [-0.39, 0.29) is 25.0 Å². The maximum atomic E-state index is 12.4. The van der Waals surface area contributed by atoms with Gasteiger partial charge in [-0.25, -0.2) is 8.78 Å². The molecule has 2 atom stereocenters. The van der Waals surface area contributed by atoms with Crippen LogP contribution >= 0.6 is 11.6 Å². The van der Waals surface area contributed by atoms with E-state index >= 15 is 0 Å². The Morgan fingerprint density at radius 2 is 2.00 bits per heavy atom. The Hall–Kier alpha value is -0.710. The average molecular weight is 290 g/mol. The van der Waals surface area contributed by atoms with Crippen molar-refractivity contribution in [2.75, 3.05) is 26.2 Å². The topological polar surface area (TPSA) is 23.5 Å². The minimum Gasteiger partial charge on any atom is -0.396 e. The number of hydrogen-bond donors (Lipinski definition) is 1. The Bertz CT molecular complexity index is 399. The van der Waals surface area contributed by atoms with E-state index in [2.05, 4.69) is 0 Å². The standard InChI is InChI=1S/C14H18ClF2NO/c15-12-3-1-10(2-4-12)13-5-6-18(8-14(16)17)7-11(13)9-19/h1-4,11,13-14,19H,5-9H2/t11-,13?/m0/s1. The van der Waals surface area contributed by atoms with Crippen LogP contribution in [0.2, 0.25) is 5.02 Å². The summed E-state index contributed by atoms with van der Waals surface area (Å²) in [5.74, 6) is 0.227. The molecule has 0 amide bonds. The van der Waals surface area contributed by atoms with Gasteiger partial charge in [0.05, 0.1) is 6.54 Å². The molecular weight excluding hydrogens is 272 g/mol. The molecule has 5 heteroatoms. The Morgan fingerprint density at radius 1 is 1.32 bits per heavy atom. The van der Waals surface area contributed by atoms with Crippen LogP contribution in [-0.4, -0.2) is 42.7 Å². The Labute approximate surface area is 117 Å². The Balaban J connectivity index is 2.04. The molecule has 2 rings (SSSR count). The molecule has 1 saturated heterocycles. The van der Waals surface area contributed by atoms with Crippen LogP contribution in [0.1, 0.15) is 17.9 Å². The smallest absolute Gasteiger partial charge is 0.251 e. The first-order valence-corrected chi connectivity index (χ1v) is 6.84. The quantitative estimate of drug-likeness (QED) is 0.921. The maximum absolute atomic E-state index is 12.4. The fourth-order valence-corrected chi connectivity index (χ4v) is 2.93. The number of aliphatic hydroxyl groups is 1. The Morgan fingerprint density at radius 3 is 2.58 bits per heavy atom. The molecule has 1 aliphatic heterocycles. The van der Waals surface area contributed by atoms with Gasteiger partial charge >= 0.3 is 0 Å². The van der Waals surface area contributed by atoms with Crippen LogP contribution in [0.3, 0.4) is 0 Å². The molecule has 0 saturated carbocycles. The fourth-order valence-electron chi connectivity index (χ4n) is 2.80. The van der Waals surface area contributed by atoms with E-state index in [1.165, 1.54) is 0 Å². The molecule has 1 N–H and O–H groups in total. The van der Waals surface area contributed by atoms with Crippen molar-refractivity contribution in [3.63, 3.8) is 0 Å². The van der Waals surface area contributed by atoms with Crippen LogP contribution < -0.4 is 0 Å². The summed E-state index contributed by atoms with van der Waals surface area (Å²) in [6.45, 7) is 0.985. The average Bonchev–Trinajstić information content (AvgIpc) is 2.39. The third kappa shape index (κ3) is 3.88. The predicted molar refractivity (Wildman–Crippen MR) is 71.8 cm³/mol. The van der Waals surface area contributed by atoms with E-state index < -0.39 is 6.43 Å². The van der Waals surface area contributed by atoms with Gasteiger partial charge in [0.1, 0.15) is 0 Å². The van der Waals surface area contributed by atoms with Gasteiger partial charge in [-0.3, -0.25) is 4.90 Å². The fraction of sp³-hybridized carbons (Fsp3) is 0.571. The number of piperidine rings is 1. The maximum Gasteiger partial charge on any atom is 0.251 e. The lowest BCUT2D eigenvalue weighted by Crippen LogP contribution is -2.43. The van der Waals surface area contributed by atoms with Gasteiger partial charge in [0, 0.05) is 24.1 Å². The van der Waals surface area contributed by atoms with Crippen LogP contribution in [0.15, 0.2) is 24.3 Å². The van der Waals surface area contributed by atoms with Crippen LogP contribution in [0, 0.1) is 5.92 Å². The molecule has 2 nitrogen and oxygen atoms in total. The van der Waals surface area contributed by atoms with E-state index in [1.807, 2.05) is 24.3 Å². The second kappa shape index (κ2) is 6.64. The number of alkyl halides is 2. The summed E-state index contributed by atoms with van der Waals surface area (Å²) in [6, 6.07) is 7.57. The molecular formula is C14H18ClF2NO. The molecule has 0 spiro atoms. The first kappa shape index (κ1) is 14.7. The summed E-state index contributed by atoms with van der Waals surface area (Å²) < 4.78 is 24.8. The SMILES string of the molecule is OC[C@@H]1CN(CC(F)F)CCC1c1ccc(Cl)cc1. The minimum atomic E-state index is -2.31. The van der Waals surface area contributed by atoms with Gasteiger partial charge in [-0.05, 0) is 36.6 Å². The summed E-state index contributed by atoms with van der Waals surface area (Å²) in [7, 11) is 0. The summed E-state index contributed by atoms with van der Waals surface area (Å²) >= 11 is 5.86. The molecule has 1 aromatic rings. The van der Waals surface area contributed by atoms with Crippen molar-refractivity contribution in [1.29, 1.82) is 0 Å². The van der Waals surface area contributed by atoms with Gasteiger partial charge in [-0.1, -0.05) is 23.7 Å². The summed E-state index contributed by atoms with van der Waals surface area (Å²) in [5, 5.41) is 10.2. The van der Waals surface area contributed by atoms with Gasteiger partial charge in [0.2, 0.25) is 0 Å². The largest absolute Gasteiger partial charge is 0.396 e. The van der Waals surface area contributed by atoms with E-state index in [9.17, 15) is 13.9 Å². The molecule has 0 aromatic heterocycles. The first-order chi connectivity index (χ1) is 9.10. The number of nitrogens with zero attached hydrogens (tertiary/aromatic N) is 1. The van der Waals surface area contributed by atoms with Crippen molar-refractivity contribution in [3.8, 4) is 0 Å². The molecule has 0 aliphatic carbocycles. The highest BCUT2D eigenvalue weighted by molar-refractivity contribution is 6.30. The number of rotatable bonds is 4. The highest BCUT2D eigenvalue weighted by Gasteiger charge is 2.30. The molecule has 1 unspecified atom stereocenters. The van der Waals surface area contributed by atoms with Crippen LogP contribution in [-0.2, 0) is 0 Å². The van der Waals surface area contributed by atoms with Crippen LogP contribution in [0.4, 0.5) is 8.78 Å².